The highest BCUT2D eigenvalue weighted by atomic mass is 32.2. The molecule has 0 bridgehead atoms. The molecule has 0 aromatic heterocycles. The van der Waals surface area contributed by atoms with Crippen LogP contribution in [-0.2, 0) is 34.1 Å². The van der Waals surface area contributed by atoms with Gasteiger partial charge in [0, 0.05) is 37.7 Å². The molecule has 7 nitrogen and oxygen atoms in total. The zero-order valence-electron chi connectivity index (χ0n) is 23.8. The molecule has 0 saturated heterocycles. The summed E-state index contributed by atoms with van der Waals surface area (Å²) in [6.45, 7) is 4.26. The summed E-state index contributed by atoms with van der Waals surface area (Å²) in [5, 5.41) is 23.0. The maximum absolute atomic E-state index is 15.1. The van der Waals surface area contributed by atoms with Crippen molar-refractivity contribution in [3.63, 3.8) is 0 Å². The van der Waals surface area contributed by atoms with E-state index in [9.17, 15) is 18.3 Å². The molecule has 0 radical (unpaired) electrons. The first-order valence-electron chi connectivity index (χ1n) is 13.9. The summed E-state index contributed by atoms with van der Waals surface area (Å²) < 4.78 is 42.5. The van der Waals surface area contributed by atoms with E-state index in [1.54, 1.807) is 24.3 Å². The van der Waals surface area contributed by atoms with Gasteiger partial charge in [-0.15, -0.1) is 0 Å². The van der Waals surface area contributed by atoms with Gasteiger partial charge in [-0.05, 0) is 79.8 Å². The third-order valence-corrected chi connectivity index (χ3v) is 9.55. The van der Waals surface area contributed by atoms with Crippen LogP contribution in [0.15, 0.2) is 71.6 Å². The first kappa shape index (κ1) is 30.8. The lowest BCUT2D eigenvalue weighted by molar-refractivity contribution is -0.136. The van der Waals surface area contributed by atoms with Gasteiger partial charge in [0.05, 0.1) is 11.0 Å². The van der Waals surface area contributed by atoms with Crippen molar-refractivity contribution >= 4 is 16.0 Å². The first-order valence-corrected chi connectivity index (χ1v) is 15.3. The topological polar surface area (TPSA) is 107 Å². The van der Waals surface area contributed by atoms with Gasteiger partial charge < -0.3 is 15.5 Å². The average molecular weight is 583 g/mol. The van der Waals surface area contributed by atoms with Gasteiger partial charge in [-0.25, -0.2) is 12.8 Å². The molecule has 3 N–H and O–H groups in total. The maximum atomic E-state index is 15.1. The van der Waals surface area contributed by atoms with E-state index in [1.165, 1.54) is 30.3 Å². The highest BCUT2D eigenvalue weighted by Crippen LogP contribution is 2.32. The number of carboxylic acids is 1. The lowest BCUT2D eigenvalue weighted by Crippen LogP contribution is -2.47. The van der Waals surface area contributed by atoms with E-state index in [4.69, 9.17) is 5.11 Å². The van der Waals surface area contributed by atoms with Crippen LogP contribution in [0.2, 0.25) is 0 Å². The zero-order valence-corrected chi connectivity index (χ0v) is 24.6. The highest BCUT2D eigenvalue weighted by molar-refractivity contribution is 7.89. The molecule has 0 aliphatic heterocycles. The number of carbonyl (C=O) groups is 1. The van der Waals surface area contributed by atoms with E-state index in [2.05, 4.69) is 43.4 Å². The number of rotatable bonds is 13. The van der Waals surface area contributed by atoms with Crippen LogP contribution < -0.4 is 5.32 Å². The van der Waals surface area contributed by atoms with Crippen molar-refractivity contribution in [1.29, 1.82) is 0 Å². The summed E-state index contributed by atoms with van der Waals surface area (Å²) >= 11 is 0. The molecule has 9 heteroatoms. The minimum absolute atomic E-state index is 0.0381. The largest absolute Gasteiger partial charge is 0.481 e. The molecule has 0 fully saturated rings. The summed E-state index contributed by atoms with van der Waals surface area (Å²) in [5.74, 6) is -1.10. The molecule has 41 heavy (non-hydrogen) atoms. The quantitative estimate of drug-likeness (QED) is 0.271. The molecule has 0 spiro atoms. The number of halogens is 1. The number of nitrogens with zero attached hydrogens (tertiary/aromatic N) is 1. The fraction of sp³-hybridized carbons (Fsp3) is 0.406. The monoisotopic (exact) mass is 582 g/mol. The van der Waals surface area contributed by atoms with E-state index >= 15 is 4.39 Å². The summed E-state index contributed by atoms with van der Waals surface area (Å²) in [6.07, 6.45) is 2.32. The predicted molar refractivity (Wildman–Crippen MR) is 158 cm³/mol. The molecule has 1 aliphatic carbocycles. The van der Waals surface area contributed by atoms with E-state index < -0.39 is 27.9 Å². The number of hydrogen-bond acceptors (Lipinski definition) is 5. The van der Waals surface area contributed by atoms with Gasteiger partial charge in [0.15, 0.2) is 0 Å². The Kier molecular flexibility index (Phi) is 9.64. The Bertz CT molecular complexity index is 1470. The zero-order chi connectivity index (χ0) is 29.8. The molecule has 0 heterocycles. The number of aryl methyl sites for hydroxylation is 1. The van der Waals surface area contributed by atoms with E-state index in [0.29, 0.717) is 17.9 Å². The summed E-state index contributed by atoms with van der Waals surface area (Å²) in [4.78, 5) is 10.7. The Morgan fingerprint density at radius 1 is 1.07 bits per heavy atom. The third kappa shape index (κ3) is 8.01. The molecule has 3 aromatic carbocycles. The van der Waals surface area contributed by atoms with Crippen LogP contribution in [-0.4, -0.2) is 60.7 Å². The van der Waals surface area contributed by atoms with Crippen molar-refractivity contribution in [3.8, 4) is 11.1 Å². The van der Waals surface area contributed by atoms with Crippen LogP contribution in [0.25, 0.3) is 11.1 Å². The number of likely N-dealkylation sites (N-methyl/N-ethyl adjacent to an activating group) is 1. The van der Waals surface area contributed by atoms with E-state index in [-0.39, 0.29) is 35.5 Å². The average Bonchev–Trinajstić information content (AvgIpc) is 3.32. The number of aliphatic hydroxyl groups excluding tert-OH is 1. The second-order valence-electron chi connectivity index (χ2n) is 11.7. The van der Waals surface area contributed by atoms with Crippen LogP contribution in [0.3, 0.4) is 0 Å². The molecular weight excluding hydrogens is 543 g/mol. The lowest BCUT2D eigenvalue weighted by Gasteiger charge is -2.31. The minimum atomic E-state index is -4.04. The fourth-order valence-corrected chi connectivity index (χ4v) is 6.88. The fourth-order valence-electron chi connectivity index (χ4n) is 5.66. The number of carboxylic acid groups (broad SMARTS) is 1. The minimum Gasteiger partial charge on any atom is -0.481 e. The standard InChI is InChI=1S/C32H39FN2O5S/c1-32(2,19-23-16-24-8-4-5-9-25(24)17-23)34-20-27(36)21-35(3)41(39,40)28-12-13-29(30(33)18-28)26-10-6-7-22(15-26)11-14-31(37)38/h4-10,12-13,15,18,23,27,34,36H,11,14,16-17,19-21H2,1-3H3,(H,37,38)/t27-/m1/s1. The van der Waals surface area contributed by atoms with Crippen molar-refractivity contribution in [2.24, 2.45) is 5.92 Å². The van der Waals surface area contributed by atoms with Gasteiger partial charge in [0.2, 0.25) is 10.0 Å². The molecule has 1 aliphatic rings. The summed E-state index contributed by atoms with van der Waals surface area (Å²) in [5.41, 5.74) is 4.06. The Balaban J connectivity index is 1.33. The number of nitrogens with one attached hydrogen (secondary N) is 1. The number of aliphatic hydroxyl groups is 1. The Morgan fingerprint density at radius 3 is 2.39 bits per heavy atom. The van der Waals surface area contributed by atoms with Gasteiger partial charge in [0.1, 0.15) is 5.82 Å². The van der Waals surface area contributed by atoms with Gasteiger partial charge >= 0.3 is 5.97 Å². The number of hydrogen-bond donors (Lipinski definition) is 3. The summed E-state index contributed by atoms with van der Waals surface area (Å²) in [6, 6.07) is 19.1. The smallest absolute Gasteiger partial charge is 0.303 e. The number of β-amino-alcohol motifs (C(OH)–C–C–N with tert-alkyl or cyclic N) is 1. The number of fused-ring (bicyclic) bond motifs is 1. The maximum Gasteiger partial charge on any atom is 0.303 e. The Labute approximate surface area is 242 Å². The van der Waals surface area contributed by atoms with E-state index in [1.807, 2.05) is 0 Å². The van der Waals surface area contributed by atoms with Crippen molar-refractivity contribution in [2.45, 2.75) is 62.5 Å². The Morgan fingerprint density at radius 2 is 1.76 bits per heavy atom. The SMILES string of the molecule is CN(C[C@H](O)CNC(C)(C)CC1Cc2ccccc2C1)S(=O)(=O)c1ccc(-c2cccc(CCC(=O)O)c2)c(F)c1. The highest BCUT2D eigenvalue weighted by Gasteiger charge is 2.29. The van der Waals surface area contributed by atoms with Crippen LogP contribution in [0.1, 0.15) is 43.4 Å². The van der Waals surface area contributed by atoms with E-state index in [0.717, 1.165) is 35.2 Å². The second kappa shape index (κ2) is 12.8. The molecule has 220 valence electrons. The Hall–Kier alpha value is -3.11. The number of aliphatic carboxylic acids is 1. The number of benzene rings is 3. The normalized spacial score (nSPS) is 14.8. The second-order valence-corrected chi connectivity index (χ2v) is 13.7. The number of sulfonamides is 1. The van der Waals surface area contributed by atoms with Crippen molar-refractivity contribution in [3.05, 3.63) is 89.2 Å². The molecule has 0 amide bonds. The molecular formula is C32H39FN2O5S. The van der Waals surface area contributed by atoms with Crippen molar-refractivity contribution in [1.82, 2.24) is 9.62 Å². The van der Waals surface area contributed by atoms with Gasteiger partial charge in [-0.2, -0.15) is 4.31 Å². The molecule has 0 unspecified atom stereocenters. The lowest BCUT2D eigenvalue weighted by atomic mass is 9.88. The van der Waals surface area contributed by atoms with Crippen LogP contribution in [0, 0.1) is 11.7 Å². The molecule has 1 atom stereocenters. The van der Waals surface area contributed by atoms with Gasteiger partial charge in [-0.1, -0.05) is 54.6 Å². The van der Waals surface area contributed by atoms with Gasteiger partial charge in [-0.3, -0.25) is 4.79 Å². The predicted octanol–water partition coefficient (Wildman–Crippen LogP) is 4.66. The summed E-state index contributed by atoms with van der Waals surface area (Å²) in [7, 11) is -2.67. The van der Waals surface area contributed by atoms with Crippen molar-refractivity contribution < 1.29 is 27.8 Å². The third-order valence-electron chi connectivity index (χ3n) is 7.73. The van der Waals surface area contributed by atoms with Crippen LogP contribution in [0.4, 0.5) is 4.39 Å². The van der Waals surface area contributed by atoms with Gasteiger partial charge in [0.25, 0.3) is 0 Å². The van der Waals surface area contributed by atoms with Crippen LogP contribution >= 0.6 is 0 Å². The molecule has 4 rings (SSSR count). The molecule has 3 aromatic rings. The first-order chi connectivity index (χ1) is 19.3. The molecule has 0 saturated carbocycles. The van der Waals surface area contributed by atoms with Crippen LogP contribution in [0.5, 0.6) is 0 Å². The van der Waals surface area contributed by atoms with Crippen molar-refractivity contribution in [2.75, 3.05) is 20.1 Å².